The molecule has 2 aromatic rings. The third kappa shape index (κ3) is 6.25. The molecule has 1 heterocycles. The van der Waals surface area contributed by atoms with Crippen molar-refractivity contribution in [3.8, 4) is 0 Å². The minimum atomic E-state index is -0.484. The largest absolute Gasteiger partial charge is 0.461 e. The molecule has 0 saturated heterocycles. The highest BCUT2D eigenvalue weighted by Gasteiger charge is 2.23. The highest BCUT2D eigenvalue weighted by molar-refractivity contribution is 7.09. The van der Waals surface area contributed by atoms with Gasteiger partial charge in [-0.25, -0.2) is 14.2 Å². The summed E-state index contributed by atoms with van der Waals surface area (Å²) in [6, 6.07) is 3.62. The van der Waals surface area contributed by atoms with Gasteiger partial charge in [0.1, 0.15) is 10.8 Å². The molecule has 2 fully saturated rings. The maximum absolute atomic E-state index is 15.1. The van der Waals surface area contributed by atoms with Gasteiger partial charge < -0.3 is 20.7 Å². The van der Waals surface area contributed by atoms with Crippen molar-refractivity contribution in [1.29, 1.82) is 0 Å². The Bertz CT molecular complexity index is 1000. The van der Waals surface area contributed by atoms with Crippen molar-refractivity contribution in [3.63, 3.8) is 0 Å². The van der Waals surface area contributed by atoms with Crippen molar-refractivity contribution in [2.45, 2.75) is 83.3 Å². The van der Waals surface area contributed by atoms with E-state index >= 15 is 4.39 Å². The molecule has 0 bridgehead atoms. The van der Waals surface area contributed by atoms with E-state index in [9.17, 15) is 9.59 Å². The molecule has 3 N–H and O–H groups in total. The van der Waals surface area contributed by atoms with E-state index in [-0.39, 0.29) is 42.4 Å². The zero-order valence-corrected chi connectivity index (χ0v) is 20.4. The summed E-state index contributed by atoms with van der Waals surface area (Å²) in [5, 5.41) is 11.9. The fraction of sp³-hybridized carbons (Fsp3) is 0.560. The minimum Gasteiger partial charge on any atom is -0.461 e. The van der Waals surface area contributed by atoms with Crippen LogP contribution in [-0.2, 0) is 11.3 Å². The molecule has 7 nitrogen and oxygen atoms in total. The van der Waals surface area contributed by atoms with Gasteiger partial charge in [-0.05, 0) is 44.7 Å². The molecule has 34 heavy (non-hydrogen) atoms. The van der Waals surface area contributed by atoms with Gasteiger partial charge in [-0.3, -0.25) is 4.79 Å². The molecular formula is C25H33FN4O3S. The highest BCUT2D eigenvalue weighted by atomic mass is 32.1. The quantitative estimate of drug-likeness (QED) is 0.404. The summed E-state index contributed by atoms with van der Waals surface area (Å²) in [4.78, 5) is 29.1. The summed E-state index contributed by atoms with van der Waals surface area (Å²) in [5.41, 5.74) is 1.60. The molecule has 2 aliphatic carbocycles. The number of anilines is 2. The normalized spacial score (nSPS) is 16.9. The summed E-state index contributed by atoms with van der Waals surface area (Å²) < 4.78 is 20.0. The Morgan fingerprint density at radius 2 is 1.68 bits per heavy atom. The Kier molecular flexibility index (Phi) is 8.37. The Morgan fingerprint density at radius 3 is 2.35 bits per heavy atom. The van der Waals surface area contributed by atoms with Crippen molar-refractivity contribution >= 4 is 34.6 Å². The van der Waals surface area contributed by atoms with Gasteiger partial charge in [0.25, 0.3) is 5.91 Å². The van der Waals surface area contributed by atoms with Gasteiger partial charge in [0.2, 0.25) is 0 Å². The smallest absolute Gasteiger partial charge is 0.357 e. The number of amides is 1. The number of rotatable bonds is 9. The second-order valence-corrected chi connectivity index (χ2v) is 9.95. The van der Waals surface area contributed by atoms with Crippen molar-refractivity contribution in [1.82, 2.24) is 10.3 Å². The lowest BCUT2D eigenvalue weighted by Gasteiger charge is -2.25. The van der Waals surface area contributed by atoms with Gasteiger partial charge in [-0.2, -0.15) is 0 Å². The van der Waals surface area contributed by atoms with Gasteiger partial charge in [-0.15, -0.1) is 11.3 Å². The number of thiazole rings is 1. The number of carbonyl (C=O) groups is 2. The Labute approximate surface area is 203 Å². The zero-order valence-electron chi connectivity index (χ0n) is 19.6. The van der Waals surface area contributed by atoms with E-state index in [0.29, 0.717) is 16.4 Å². The molecule has 2 aliphatic rings. The van der Waals surface area contributed by atoms with Crippen LogP contribution in [-0.4, -0.2) is 35.6 Å². The fourth-order valence-corrected chi connectivity index (χ4v) is 5.39. The Morgan fingerprint density at radius 1 is 1.03 bits per heavy atom. The summed E-state index contributed by atoms with van der Waals surface area (Å²) >= 11 is 1.27. The predicted octanol–water partition coefficient (Wildman–Crippen LogP) is 5.49. The molecular weight excluding hydrogens is 455 g/mol. The number of carbonyl (C=O) groups excluding carboxylic acids is 2. The molecule has 0 atom stereocenters. The number of nitrogens with zero attached hydrogens (tertiary/aromatic N) is 1. The maximum atomic E-state index is 15.1. The molecule has 2 saturated carbocycles. The van der Waals surface area contributed by atoms with Crippen LogP contribution in [0.5, 0.6) is 0 Å². The number of halogens is 1. The molecule has 1 aromatic carbocycles. The van der Waals surface area contributed by atoms with Crippen molar-refractivity contribution in [3.05, 3.63) is 39.6 Å². The van der Waals surface area contributed by atoms with E-state index in [1.165, 1.54) is 23.8 Å². The first-order chi connectivity index (χ1) is 16.5. The van der Waals surface area contributed by atoms with Gasteiger partial charge in [-0.1, -0.05) is 32.1 Å². The second kappa shape index (κ2) is 11.6. The summed E-state index contributed by atoms with van der Waals surface area (Å²) in [5.74, 6) is -1.29. The van der Waals surface area contributed by atoms with Crippen LogP contribution in [0.4, 0.5) is 15.8 Å². The minimum absolute atomic E-state index is 0.148. The number of ether oxygens (including phenoxy) is 1. The first-order valence-corrected chi connectivity index (χ1v) is 13.2. The van der Waals surface area contributed by atoms with E-state index < -0.39 is 11.8 Å². The molecule has 1 amide bonds. The summed E-state index contributed by atoms with van der Waals surface area (Å²) in [7, 11) is 0. The third-order valence-corrected chi connectivity index (χ3v) is 7.32. The van der Waals surface area contributed by atoms with Crippen LogP contribution in [0.25, 0.3) is 0 Å². The van der Waals surface area contributed by atoms with E-state index in [2.05, 4.69) is 20.9 Å². The number of hydrogen-bond donors (Lipinski definition) is 3. The van der Waals surface area contributed by atoms with Crippen LogP contribution < -0.4 is 16.0 Å². The number of hydrogen-bond acceptors (Lipinski definition) is 7. The Balaban J connectivity index is 1.48. The second-order valence-electron chi connectivity index (χ2n) is 9.01. The van der Waals surface area contributed by atoms with Gasteiger partial charge in [0.15, 0.2) is 5.69 Å². The summed E-state index contributed by atoms with van der Waals surface area (Å²) in [6.45, 7) is 2.16. The lowest BCUT2D eigenvalue weighted by molar-refractivity contribution is 0.0520. The standard InChI is InChI=1S/C25H33FN4O3S/c1-2-33-25(32)22-15-34-23(30-22)14-27-24(31)18-12-19(26)21(29-17-8-4-3-5-9-17)13-20(18)28-16-10-6-7-11-16/h12-13,15-17,28-29H,2-11,14H2,1H3,(H,27,31). The number of aromatic nitrogens is 1. The lowest BCUT2D eigenvalue weighted by Crippen LogP contribution is -2.27. The number of esters is 1. The SMILES string of the molecule is CCOC(=O)c1csc(CNC(=O)c2cc(F)c(NC3CCCCC3)cc2NC2CCCC2)n1. The van der Waals surface area contributed by atoms with Gasteiger partial charge in [0.05, 0.1) is 24.4 Å². The highest BCUT2D eigenvalue weighted by Crippen LogP contribution is 2.31. The fourth-order valence-electron chi connectivity index (χ4n) is 4.69. The molecule has 0 radical (unpaired) electrons. The molecule has 0 aliphatic heterocycles. The Hall–Kier alpha value is -2.68. The zero-order chi connectivity index (χ0) is 23.9. The van der Waals surface area contributed by atoms with Gasteiger partial charge in [0, 0.05) is 23.2 Å². The van der Waals surface area contributed by atoms with E-state index in [0.717, 1.165) is 51.4 Å². The topological polar surface area (TPSA) is 92.3 Å². The molecule has 0 unspecified atom stereocenters. The molecule has 4 rings (SSSR count). The van der Waals surface area contributed by atoms with E-state index in [1.54, 1.807) is 18.4 Å². The van der Waals surface area contributed by atoms with E-state index in [4.69, 9.17) is 4.74 Å². The maximum Gasteiger partial charge on any atom is 0.357 e. The van der Waals surface area contributed by atoms with Crippen molar-refractivity contribution in [2.75, 3.05) is 17.2 Å². The molecule has 184 valence electrons. The first-order valence-electron chi connectivity index (χ1n) is 12.3. The van der Waals surface area contributed by atoms with Crippen LogP contribution >= 0.6 is 11.3 Å². The monoisotopic (exact) mass is 488 g/mol. The average Bonchev–Trinajstić information content (AvgIpc) is 3.53. The summed E-state index contributed by atoms with van der Waals surface area (Å²) in [6.07, 6.45) is 10.0. The average molecular weight is 489 g/mol. The van der Waals surface area contributed by atoms with Gasteiger partial charge >= 0.3 is 5.97 Å². The van der Waals surface area contributed by atoms with Crippen molar-refractivity contribution < 1.29 is 18.7 Å². The van der Waals surface area contributed by atoms with Crippen LogP contribution in [0.3, 0.4) is 0 Å². The predicted molar refractivity (Wildman–Crippen MR) is 132 cm³/mol. The van der Waals surface area contributed by atoms with Crippen LogP contribution in [0.15, 0.2) is 17.5 Å². The lowest BCUT2D eigenvalue weighted by atomic mass is 9.95. The van der Waals surface area contributed by atoms with Crippen LogP contribution in [0.1, 0.15) is 90.6 Å². The van der Waals surface area contributed by atoms with Crippen molar-refractivity contribution in [2.24, 2.45) is 0 Å². The van der Waals surface area contributed by atoms with Crippen LogP contribution in [0, 0.1) is 5.82 Å². The first kappa shape index (κ1) is 24.4. The number of benzene rings is 1. The number of nitrogens with one attached hydrogen (secondary N) is 3. The molecule has 0 spiro atoms. The third-order valence-electron chi connectivity index (χ3n) is 6.47. The molecule has 1 aromatic heterocycles. The molecule has 9 heteroatoms. The van der Waals surface area contributed by atoms with E-state index in [1.807, 2.05) is 0 Å². The van der Waals surface area contributed by atoms with Crippen LogP contribution in [0.2, 0.25) is 0 Å².